The lowest BCUT2D eigenvalue weighted by atomic mass is 10.1. The largest absolute Gasteiger partial charge is 0.478 e. The SMILES string of the molecule is CCc1ccc(CCNCc2cnc3c(Br)cc(C(=O)O)cn23)cc1. The molecule has 0 saturated heterocycles. The molecule has 0 fully saturated rings. The Morgan fingerprint density at radius 3 is 2.68 bits per heavy atom. The van der Waals surface area contributed by atoms with Gasteiger partial charge < -0.3 is 14.8 Å². The number of fused-ring (bicyclic) bond motifs is 1. The standard InChI is InChI=1S/C19H20BrN3O2/c1-2-13-3-5-14(6-4-13)7-8-21-10-16-11-22-18-17(20)9-15(19(24)25)12-23(16)18/h3-6,9,11-12,21H,2,7-8,10H2,1H3,(H,24,25). The fourth-order valence-corrected chi connectivity index (χ4v) is 3.27. The molecule has 25 heavy (non-hydrogen) atoms. The summed E-state index contributed by atoms with van der Waals surface area (Å²) < 4.78 is 2.49. The van der Waals surface area contributed by atoms with Crippen LogP contribution in [0, 0.1) is 0 Å². The van der Waals surface area contributed by atoms with Crippen LogP contribution in [-0.2, 0) is 19.4 Å². The van der Waals surface area contributed by atoms with Crippen molar-refractivity contribution in [2.75, 3.05) is 6.54 Å². The minimum atomic E-state index is -0.953. The van der Waals surface area contributed by atoms with E-state index in [1.807, 2.05) is 4.40 Å². The highest BCUT2D eigenvalue weighted by molar-refractivity contribution is 9.10. The number of carboxylic acids is 1. The lowest BCUT2D eigenvalue weighted by Gasteiger charge is -2.07. The van der Waals surface area contributed by atoms with Crippen LogP contribution in [0.4, 0.5) is 0 Å². The molecule has 130 valence electrons. The molecule has 0 saturated carbocycles. The summed E-state index contributed by atoms with van der Waals surface area (Å²) in [5.41, 5.74) is 4.53. The zero-order chi connectivity index (χ0) is 17.8. The van der Waals surface area contributed by atoms with Gasteiger partial charge in [-0.3, -0.25) is 0 Å². The van der Waals surface area contributed by atoms with Crippen molar-refractivity contribution in [2.24, 2.45) is 0 Å². The molecule has 1 aromatic carbocycles. The summed E-state index contributed by atoms with van der Waals surface area (Å²) in [6, 6.07) is 10.3. The van der Waals surface area contributed by atoms with E-state index in [2.05, 4.69) is 57.4 Å². The number of imidazole rings is 1. The van der Waals surface area contributed by atoms with E-state index < -0.39 is 5.97 Å². The second-order valence-electron chi connectivity index (χ2n) is 5.92. The second-order valence-corrected chi connectivity index (χ2v) is 6.78. The minimum Gasteiger partial charge on any atom is -0.478 e. The quantitative estimate of drug-likeness (QED) is 0.592. The molecule has 0 radical (unpaired) electrons. The molecule has 0 spiro atoms. The predicted octanol–water partition coefficient (Wildman–Crippen LogP) is 3.69. The first-order chi connectivity index (χ1) is 12.1. The number of hydrogen-bond donors (Lipinski definition) is 2. The summed E-state index contributed by atoms with van der Waals surface area (Å²) in [5.74, 6) is -0.953. The molecule has 2 heterocycles. The van der Waals surface area contributed by atoms with Gasteiger partial charge in [0.2, 0.25) is 0 Å². The number of benzene rings is 1. The van der Waals surface area contributed by atoms with E-state index in [-0.39, 0.29) is 5.56 Å². The molecule has 0 aliphatic carbocycles. The normalized spacial score (nSPS) is 11.1. The lowest BCUT2D eigenvalue weighted by molar-refractivity contribution is 0.0696. The maximum absolute atomic E-state index is 11.2. The molecule has 3 rings (SSSR count). The van der Waals surface area contributed by atoms with Gasteiger partial charge >= 0.3 is 5.97 Å². The van der Waals surface area contributed by atoms with Gasteiger partial charge in [-0.2, -0.15) is 0 Å². The minimum absolute atomic E-state index is 0.231. The fraction of sp³-hybridized carbons (Fsp3) is 0.263. The third kappa shape index (κ3) is 4.08. The smallest absolute Gasteiger partial charge is 0.337 e. The van der Waals surface area contributed by atoms with Crippen LogP contribution in [0.3, 0.4) is 0 Å². The molecule has 2 N–H and O–H groups in total. The molecular formula is C19H20BrN3O2. The van der Waals surface area contributed by atoms with Crippen molar-refractivity contribution in [1.29, 1.82) is 0 Å². The van der Waals surface area contributed by atoms with E-state index in [9.17, 15) is 9.90 Å². The Labute approximate surface area is 154 Å². The van der Waals surface area contributed by atoms with Gasteiger partial charge in [-0.05, 0) is 52.5 Å². The number of carboxylic acid groups (broad SMARTS) is 1. The number of nitrogens with one attached hydrogen (secondary N) is 1. The zero-order valence-corrected chi connectivity index (χ0v) is 15.6. The fourth-order valence-electron chi connectivity index (χ4n) is 2.73. The Bertz CT molecular complexity index is 888. The first kappa shape index (κ1) is 17.6. The Balaban J connectivity index is 1.63. The number of hydrogen-bond acceptors (Lipinski definition) is 3. The van der Waals surface area contributed by atoms with Crippen molar-refractivity contribution in [1.82, 2.24) is 14.7 Å². The molecule has 3 aromatic rings. The van der Waals surface area contributed by atoms with Crippen molar-refractivity contribution in [3.63, 3.8) is 0 Å². The highest BCUT2D eigenvalue weighted by Gasteiger charge is 2.11. The van der Waals surface area contributed by atoms with Gasteiger partial charge in [0.1, 0.15) is 0 Å². The van der Waals surface area contributed by atoms with E-state index in [0.29, 0.717) is 11.0 Å². The van der Waals surface area contributed by atoms with E-state index in [1.54, 1.807) is 18.5 Å². The number of halogens is 1. The van der Waals surface area contributed by atoms with Crippen LogP contribution in [0.2, 0.25) is 0 Å². The van der Waals surface area contributed by atoms with Crippen molar-refractivity contribution in [2.45, 2.75) is 26.3 Å². The topological polar surface area (TPSA) is 66.6 Å². The number of nitrogens with zero attached hydrogens (tertiary/aromatic N) is 2. The first-order valence-electron chi connectivity index (χ1n) is 8.25. The van der Waals surface area contributed by atoms with Gasteiger partial charge in [-0.25, -0.2) is 9.78 Å². The number of rotatable bonds is 7. The molecular weight excluding hydrogens is 382 g/mol. The number of aromatic carboxylic acids is 1. The van der Waals surface area contributed by atoms with Gasteiger partial charge in [0.25, 0.3) is 0 Å². The maximum Gasteiger partial charge on any atom is 0.337 e. The van der Waals surface area contributed by atoms with Gasteiger partial charge in [0.15, 0.2) is 5.65 Å². The highest BCUT2D eigenvalue weighted by atomic mass is 79.9. The predicted molar refractivity (Wildman–Crippen MR) is 101 cm³/mol. The van der Waals surface area contributed by atoms with Crippen LogP contribution < -0.4 is 5.32 Å². The number of aryl methyl sites for hydroxylation is 1. The molecule has 6 heteroatoms. The molecule has 0 aliphatic rings. The maximum atomic E-state index is 11.2. The van der Waals surface area contributed by atoms with E-state index in [1.165, 1.54) is 11.1 Å². The van der Waals surface area contributed by atoms with Crippen LogP contribution in [0.15, 0.2) is 47.2 Å². The van der Waals surface area contributed by atoms with Gasteiger partial charge in [-0.1, -0.05) is 31.2 Å². The Kier molecular flexibility index (Phi) is 5.50. The van der Waals surface area contributed by atoms with E-state index in [4.69, 9.17) is 0 Å². The van der Waals surface area contributed by atoms with Gasteiger partial charge in [0, 0.05) is 12.7 Å². The Morgan fingerprint density at radius 2 is 2.00 bits per heavy atom. The van der Waals surface area contributed by atoms with Crippen molar-refractivity contribution >= 4 is 27.5 Å². The Morgan fingerprint density at radius 1 is 1.28 bits per heavy atom. The molecule has 2 aromatic heterocycles. The van der Waals surface area contributed by atoms with E-state index in [0.717, 1.165) is 30.7 Å². The van der Waals surface area contributed by atoms with Crippen LogP contribution in [-0.4, -0.2) is 27.0 Å². The van der Waals surface area contributed by atoms with Gasteiger partial charge in [-0.15, -0.1) is 0 Å². The highest BCUT2D eigenvalue weighted by Crippen LogP contribution is 2.20. The second kappa shape index (κ2) is 7.80. The van der Waals surface area contributed by atoms with Crippen LogP contribution in [0.1, 0.15) is 34.1 Å². The molecule has 0 amide bonds. The summed E-state index contributed by atoms with van der Waals surface area (Å²) in [6.07, 6.45) is 5.39. The van der Waals surface area contributed by atoms with Crippen LogP contribution in [0.25, 0.3) is 5.65 Å². The average molecular weight is 402 g/mol. The summed E-state index contributed by atoms with van der Waals surface area (Å²) in [6.45, 7) is 3.63. The molecule has 0 bridgehead atoms. The molecule has 5 nitrogen and oxygen atoms in total. The monoisotopic (exact) mass is 401 g/mol. The summed E-state index contributed by atoms with van der Waals surface area (Å²) in [4.78, 5) is 15.6. The number of aromatic nitrogens is 2. The van der Waals surface area contributed by atoms with Crippen molar-refractivity contribution in [3.8, 4) is 0 Å². The first-order valence-corrected chi connectivity index (χ1v) is 9.05. The van der Waals surface area contributed by atoms with E-state index >= 15 is 0 Å². The molecule has 0 aliphatic heterocycles. The molecule has 0 atom stereocenters. The number of carbonyl (C=O) groups is 1. The molecule has 0 unspecified atom stereocenters. The third-order valence-corrected chi connectivity index (χ3v) is 4.80. The Hall–Kier alpha value is -2.18. The van der Waals surface area contributed by atoms with Crippen molar-refractivity contribution in [3.05, 3.63) is 69.6 Å². The summed E-state index contributed by atoms with van der Waals surface area (Å²) in [7, 11) is 0. The summed E-state index contributed by atoms with van der Waals surface area (Å²) in [5, 5.41) is 12.6. The van der Waals surface area contributed by atoms with Crippen LogP contribution in [0.5, 0.6) is 0 Å². The third-order valence-electron chi connectivity index (χ3n) is 4.21. The average Bonchev–Trinajstić information content (AvgIpc) is 3.03. The zero-order valence-electron chi connectivity index (χ0n) is 14.0. The summed E-state index contributed by atoms with van der Waals surface area (Å²) >= 11 is 3.39. The van der Waals surface area contributed by atoms with Crippen molar-refractivity contribution < 1.29 is 9.90 Å². The lowest BCUT2D eigenvalue weighted by Crippen LogP contribution is -2.18. The number of pyridine rings is 1. The van der Waals surface area contributed by atoms with Gasteiger partial charge in [0.05, 0.1) is 21.9 Å². The van der Waals surface area contributed by atoms with Crippen LogP contribution >= 0.6 is 15.9 Å².